The lowest BCUT2D eigenvalue weighted by molar-refractivity contribution is -0.139. The van der Waals surface area contributed by atoms with Crippen LogP contribution in [0.4, 0.5) is 4.39 Å². The molecule has 0 unspecified atom stereocenters. The molecule has 0 amide bonds. The van der Waals surface area contributed by atoms with Crippen molar-refractivity contribution < 1.29 is 28.2 Å². The van der Waals surface area contributed by atoms with Crippen molar-refractivity contribution in [2.45, 2.75) is 50.8 Å². The van der Waals surface area contributed by atoms with Crippen LogP contribution in [-0.4, -0.2) is 37.1 Å². The Morgan fingerprint density at radius 2 is 1.62 bits per heavy atom. The van der Waals surface area contributed by atoms with Crippen molar-refractivity contribution in [3.63, 3.8) is 0 Å². The van der Waals surface area contributed by atoms with E-state index in [1.54, 1.807) is 49.4 Å². The molecular weight excluding hydrogens is 613 g/mol. The van der Waals surface area contributed by atoms with Gasteiger partial charge < -0.3 is 19.6 Å². The average Bonchev–Trinajstić information content (AvgIpc) is 3.08. The molecule has 6 nitrogen and oxygen atoms in total. The molecule has 0 atom stereocenters. The van der Waals surface area contributed by atoms with E-state index in [-0.39, 0.29) is 13.0 Å². The number of unbranched alkanes of at least 4 members (excludes halogenated alkanes) is 1. The molecule has 4 aromatic carbocycles. The first-order chi connectivity index (χ1) is 22.8. The van der Waals surface area contributed by atoms with Crippen molar-refractivity contribution in [3.05, 3.63) is 114 Å². The van der Waals surface area contributed by atoms with Crippen LogP contribution < -0.4 is 9.47 Å². The topological polar surface area (TPSA) is 85.7 Å². The number of thioether (sulfide) groups is 1. The van der Waals surface area contributed by atoms with Gasteiger partial charge in [0.25, 0.3) is 0 Å². The standard InChI is InChI=1S/C39H40FNO5S/c1-4-5-23-47-34-16-11-29(12-17-34)31-13-19-37(32(25-31)26-41)46-38(42)20-8-28-7-18-35(36(40)24-28)30-9-14-33(15-10-30)44-21-6-22-45-39(43)27(2)3/h7,9-19,24-26,41H,2,4-6,8,20-23H2,1,3H3. The first-order valence-corrected chi connectivity index (χ1v) is 16.7. The van der Waals surface area contributed by atoms with Crippen LogP contribution in [0.5, 0.6) is 11.5 Å². The van der Waals surface area contributed by atoms with Crippen molar-refractivity contribution in [1.29, 1.82) is 5.41 Å². The Balaban J connectivity index is 1.27. The summed E-state index contributed by atoms with van der Waals surface area (Å²) in [4.78, 5) is 25.3. The lowest BCUT2D eigenvalue weighted by Crippen LogP contribution is -2.10. The Hall–Kier alpha value is -4.69. The van der Waals surface area contributed by atoms with Gasteiger partial charge in [0, 0.05) is 40.7 Å². The molecule has 0 spiro atoms. The molecule has 0 radical (unpaired) electrons. The van der Waals surface area contributed by atoms with Gasteiger partial charge in [-0.2, -0.15) is 0 Å². The summed E-state index contributed by atoms with van der Waals surface area (Å²) in [5.74, 6) is 0.778. The van der Waals surface area contributed by atoms with Crippen molar-refractivity contribution >= 4 is 29.9 Å². The molecule has 0 saturated carbocycles. The summed E-state index contributed by atoms with van der Waals surface area (Å²) in [5, 5.41) is 7.86. The SMILES string of the molecule is C=C(C)C(=O)OCCCOc1ccc(-c2ccc(CCC(=O)Oc3ccc(-c4ccc(SCCCC)cc4)cc3C=N)cc2F)cc1. The zero-order valence-electron chi connectivity index (χ0n) is 26.9. The van der Waals surface area contributed by atoms with E-state index in [2.05, 4.69) is 37.8 Å². The predicted molar refractivity (Wildman–Crippen MR) is 187 cm³/mol. The Labute approximate surface area is 280 Å². The van der Waals surface area contributed by atoms with Crippen molar-refractivity contribution in [2.24, 2.45) is 0 Å². The fourth-order valence-corrected chi connectivity index (χ4v) is 5.65. The van der Waals surface area contributed by atoms with E-state index in [0.29, 0.717) is 58.8 Å². The van der Waals surface area contributed by atoms with Crippen molar-refractivity contribution in [1.82, 2.24) is 0 Å². The van der Waals surface area contributed by atoms with Gasteiger partial charge in [-0.1, -0.05) is 62.4 Å². The van der Waals surface area contributed by atoms with E-state index in [0.717, 1.165) is 16.9 Å². The maximum Gasteiger partial charge on any atom is 0.333 e. The lowest BCUT2D eigenvalue weighted by Gasteiger charge is -2.11. The van der Waals surface area contributed by atoms with E-state index in [1.807, 2.05) is 23.9 Å². The summed E-state index contributed by atoms with van der Waals surface area (Å²) in [6, 6.07) is 25.8. The highest BCUT2D eigenvalue weighted by Gasteiger charge is 2.13. The minimum absolute atomic E-state index is 0.0631. The third kappa shape index (κ3) is 10.7. The highest BCUT2D eigenvalue weighted by atomic mass is 32.2. The first-order valence-electron chi connectivity index (χ1n) is 15.7. The number of esters is 2. The van der Waals surface area contributed by atoms with Crippen LogP contribution in [0.3, 0.4) is 0 Å². The number of hydrogen-bond donors (Lipinski definition) is 1. The molecule has 47 heavy (non-hydrogen) atoms. The number of ether oxygens (including phenoxy) is 3. The molecule has 0 aromatic heterocycles. The second-order valence-electron chi connectivity index (χ2n) is 11.1. The molecule has 0 aliphatic carbocycles. The van der Waals surface area contributed by atoms with Gasteiger partial charge in [-0.15, -0.1) is 11.8 Å². The Morgan fingerprint density at radius 1 is 0.894 bits per heavy atom. The van der Waals surface area contributed by atoms with Crippen LogP contribution in [-0.2, 0) is 20.7 Å². The zero-order chi connectivity index (χ0) is 33.6. The predicted octanol–water partition coefficient (Wildman–Crippen LogP) is 9.48. The third-order valence-electron chi connectivity index (χ3n) is 7.30. The first kappa shape index (κ1) is 35.2. The molecule has 0 bridgehead atoms. The molecule has 0 aliphatic heterocycles. The summed E-state index contributed by atoms with van der Waals surface area (Å²) in [5.41, 5.74) is 4.63. The van der Waals surface area contributed by atoms with Crippen LogP contribution in [0.15, 0.2) is 102 Å². The highest BCUT2D eigenvalue weighted by Crippen LogP contribution is 2.29. The summed E-state index contributed by atoms with van der Waals surface area (Å²) in [6.45, 7) is 7.93. The second kappa shape index (κ2) is 17.9. The fraction of sp³-hybridized carbons (Fsp3) is 0.256. The van der Waals surface area contributed by atoms with E-state index in [1.165, 1.54) is 30.0 Å². The van der Waals surface area contributed by atoms with Crippen molar-refractivity contribution in [2.75, 3.05) is 19.0 Å². The molecule has 4 rings (SSSR count). The molecule has 0 heterocycles. The molecule has 0 aliphatic rings. The summed E-state index contributed by atoms with van der Waals surface area (Å²) in [6.07, 6.45) is 4.45. The minimum atomic E-state index is -0.455. The number of carbonyl (C=O) groups is 2. The number of carbonyl (C=O) groups excluding carboxylic acids is 2. The van der Waals surface area contributed by atoms with Crippen LogP contribution in [0.1, 0.15) is 50.7 Å². The second-order valence-corrected chi connectivity index (χ2v) is 12.2. The number of nitrogens with one attached hydrogen (secondary N) is 1. The molecule has 4 aromatic rings. The maximum absolute atomic E-state index is 15.1. The van der Waals surface area contributed by atoms with Gasteiger partial charge in [0.2, 0.25) is 0 Å². The third-order valence-corrected chi connectivity index (χ3v) is 8.40. The monoisotopic (exact) mass is 653 g/mol. The largest absolute Gasteiger partial charge is 0.493 e. The molecule has 0 fully saturated rings. The van der Waals surface area contributed by atoms with E-state index >= 15 is 4.39 Å². The number of hydrogen-bond acceptors (Lipinski definition) is 7. The summed E-state index contributed by atoms with van der Waals surface area (Å²) in [7, 11) is 0. The maximum atomic E-state index is 15.1. The molecule has 1 N–H and O–H groups in total. The Kier molecular flexibility index (Phi) is 13.4. The zero-order valence-corrected chi connectivity index (χ0v) is 27.7. The molecular formula is C39H40FNO5S. The Morgan fingerprint density at radius 3 is 2.30 bits per heavy atom. The fourth-order valence-electron chi connectivity index (χ4n) is 4.65. The van der Waals surface area contributed by atoms with E-state index < -0.39 is 17.8 Å². The van der Waals surface area contributed by atoms with E-state index in [4.69, 9.17) is 19.6 Å². The van der Waals surface area contributed by atoms with Gasteiger partial charge in [-0.25, -0.2) is 9.18 Å². The summed E-state index contributed by atoms with van der Waals surface area (Å²) < 4.78 is 31.4. The average molecular weight is 654 g/mol. The number of benzene rings is 4. The van der Waals surface area contributed by atoms with Gasteiger partial charge in [-0.05, 0) is 90.2 Å². The van der Waals surface area contributed by atoms with Crippen LogP contribution in [0, 0.1) is 11.2 Å². The van der Waals surface area contributed by atoms with Crippen LogP contribution in [0.2, 0.25) is 0 Å². The quantitative estimate of drug-likeness (QED) is 0.0305. The van der Waals surface area contributed by atoms with Crippen LogP contribution in [0.25, 0.3) is 22.3 Å². The van der Waals surface area contributed by atoms with Gasteiger partial charge in [0.1, 0.15) is 17.3 Å². The number of halogens is 1. The molecule has 8 heteroatoms. The van der Waals surface area contributed by atoms with Gasteiger partial charge in [0.05, 0.1) is 13.2 Å². The highest BCUT2D eigenvalue weighted by molar-refractivity contribution is 7.99. The molecule has 0 saturated heterocycles. The Bertz CT molecular complexity index is 1690. The number of aryl methyl sites for hydroxylation is 1. The van der Waals surface area contributed by atoms with Gasteiger partial charge >= 0.3 is 11.9 Å². The van der Waals surface area contributed by atoms with Crippen LogP contribution >= 0.6 is 11.8 Å². The van der Waals surface area contributed by atoms with Gasteiger partial charge in [-0.3, -0.25) is 4.79 Å². The van der Waals surface area contributed by atoms with Gasteiger partial charge in [0.15, 0.2) is 0 Å². The number of rotatable bonds is 17. The molecule has 244 valence electrons. The van der Waals surface area contributed by atoms with Crippen molar-refractivity contribution in [3.8, 4) is 33.8 Å². The lowest BCUT2D eigenvalue weighted by atomic mass is 10.0. The minimum Gasteiger partial charge on any atom is -0.493 e. The van der Waals surface area contributed by atoms with E-state index in [9.17, 15) is 9.59 Å². The summed E-state index contributed by atoms with van der Waals surface area (Å²) >= 11 is 1.84. The smallest absolute Gasteiger partial charge is 0.333 e. The normalized spacial score (nSPS) is 10.7.